The highest BCUT2D eigenvalue weighted by atomic mass is 16.5. The third-order valence-corrected chi connectivity index (χ3v) is 6.79. The van der Waals surface area contributed by atoms with Gasteiger partial charge in [-0.25, -0.2) is 0 Å². The van der Waals surface area contributed by atoms with Crippen molar-refractivity contribution in [2.24, 2.45) is 16.7 Å². The molecule has 0 bridgehead atoms. The molecule has 0 N–H and O–H groups in total. The summed E-state index contributed by atoms with van der Waals surface area (Å²) in [5.74, 6) is 1.59. The first-order valence-corrected chi connectivity index (χ1v) is 8.50. The Morgan fingerprint density at radius 3 is 2.91 bits per heavy atom. The number of nitrogens with zero attached hydrogens (tertiary/aromatic N) is 2. The number of hydrogen-bond donors (Lipinski definition) is 0. The largest absolute Gasteiger partial charge is 0.361 e. The first-order chi connectivity index (χ1) is 10.4. The Morgan fingerprint density at radius 1 is 1.32 bits per heavy atom. The van der Waals surface area contributed by atoms with E-state index in [1.807, 2.05) is 6.20 Å². The zero-order valence-electron chi connectivity index (χ0n) is 13.8. The summed E-state index contributed by atoms with van der Waals surface area (Å²) in [6.45, 7) is 6.97. The highest BCUT2D eigenvalue weighted by molar-refractivity contribution is 5.42. The highest BCUT2D eigenvalue weighted by Gasteiger charge is 2.60. The van der Waals surface area contributed by atoms with Crippen LogP contribution in [-0.2, 0) is 11.8 Å². The summed E-state index contributed by atoms with van der Waals surface area (Å²) < 4.78 is 5.62. The lowest BCUT2D eigenvalue weighted by Gasteiger charge is -2.58. The van der Waals surface area contributed by atoms with Crippen molar-refractivity contribution in [2.45, 2.75) is 64.7 Å². The molecule has 1 heterocycles. The van der Waals surface area contributed by atoms with E-state index in [0.717, 1.165) is 44.3 Å². The van der Waals surface area contributed by atoms with E-state index in [1.54, 1.807) is 0 Å². The molecule has 0 radical (unpaired) electrons. The lowest BCUT2D eigenvalue weighted by atomic mass is 9.44. The normalized spacial score (nSPS) is 39.0. The highest BCUT2D eigenvalue weighted by Crippen LogP contribution is 2.64. The molecule has 1 aromatic heterocycles. The smallest absolute Gasteiger partial charge is 0.145 e. The number of fused-ring (bicyclic) bond motifs is 4. The molecule has 0 spiro atoms. The van der Waals surface area contributed by atoms with Gasteiger partial charge in [0.25, 0.3) is 0 Å². The Morgan fingerprint density at radius 2 is 2.14 bits per heavy atom. The van der Waals surface area contributed by atoms with Crippen LogP contribution in [0, 0.1) is 28.1 Å². The third kappa shape index (κ3) is 1.54. The van der Waals surface area contributed by atoms with Crippen molar-refractivity contribution in [3.63, 3.8) is 0 Å². The number of rotatable bonds is 0. The lowest BCUT2D eigenvalue weighted by molar-refractivity contribution is 0.0335. The van der Waals surface area contributed by atoms with Crippen LogP contribution in [0.1, 0.15) is 64.2 Å². The quantitative estimate of drug-likeness (QED) is 0.660. The average Bonchev–Trinajstić information content (AvgIpc) is 2.95. The molecule has 1 aromatic rings. The van der Waals surface area contributed by atoms with E-state index in [9.17, 15) is 5.26 Å². The zero-order valence-corrected chi connectivity index (χ0v) is 13.8. The molecule has 3 heteroatoms. The maximum absolute atomic E-state index is 9.95. The van der Waals surface area contributed by atoms with E-state index in [1.165, 1.54) is 11.1 Å². The molecular weight excluding hydrogens is 272 g/mol. The molecule has 0 amide bonds. The maximum Gasteiger partial charge on any atom is 0.145 e. The number of aromatic nitrogens is 1. The van der Waals surface area contributed by atoms with Gasteiger partial charge < -0.3 is 4.52 Å². The second kappa shape index (κ2) is 4.25. The Kier molecular flexibility index (Phi) is 2.72. The minimum Gasteiger partial charge on any atom is -0.361 e. The van der Waals surface area contributed by atoms with E-state index in [2.05, 4.69) is 38.1 Å². The van der Waals surface area contributed by atoms with Crippen LogP contribution in [0.15, 0.2) is 22.4 Å². The van der Waals surface area contributed by atoms with Gasteiger partial charge in [0, 0.05) is 11.0 Å². The summed E-state index contributed by atoms with van der Waals surface area (Å²) in [7, 11) is 0. The summed E-state index contributed by atoms with van der Waals surface area (Å²) in [6, 6.07) is 2.72. The molecule has 3 atom stereocenters. The molecule has 4 rings (SSSR count). The van der Waals surface area contributed by atoms with E-state index in [0.29, 0.717) is 5.92 Å². The molecule has 3 unspecified atom stereocenters. The molecular formula is C19H24N2O. The molecule has 0 aliphatic heterocycles. The minimum atomic E-state index is -0.214. The predicted molar refractivity (Wildman–Crippen MR) is 84.0 cm³/mol. The summed E-state index contributed by atoms with van der Waals surface area (Å²) in [5, 5.41) is 14.0. The molecule has 0 aromatic carbocycles. The topological polar surface area (TPSA) is 49.8 Å². The standard InChI is InChI=1S/C19H24N2O/c1-17(2)14-7-9-19(12-20)8-5-4-6-15(19)18(14,3)10-13-11-21-22-16(13)17/h6,11,14H,4-5,7-10H2,1-3H3. The summed E-state index contributed by atoms with van der Waals surface area (Å²) in [5.41, 5.74) is 2.50. The molecule has 3 nitrogen and oxygen atoms in total. The van der Waals surface area contributed by atoms with E-state index in [4.69, 9.17) is 4.52 Å². The van der Waals surface area contributed by atoms with Crippen LogP contribution in [0.3, 0.4) is 0 Å². The molecule has 116 valence electrons. The molecule has 22 heavy (non-hydrogen) atoms. The fraction of sp³-hybridized carbons (Fsp3) is 0.684. The Balaban J connectivity index is 1.91. The summed E-state index contributed by atoms with van der Waals surface area (Å²) in [6.07, 6.45) is 10.7. The molecule has 1 saturated carbocycles. The zero-order chi connectivity index (χ0) is 15.6. The van der Waals surface area contributed by atoms with E-state index < -0.39 is 0 Å². The van der Waals surface area contributed by atoms with Crippen molar-refractivity contribution >= 4 is 0 Å². The fourth-order valence-corrected chi connectivity index (χ4v) is 5.94. The van der Waals surface area contributed by atoms with Crippen LogP contribution in [0.5, 0.6) is 0 Å². The van der Waals surface area contributed by atoms with Gasteiger partial charge in [-0.2, -0.15) is 5.26 Å². The van der Waals surface area contributed by atoms with Gasteiger partial charge in [0.2, 0.25) is 0 Å². The average molecular weight is 296 g/mol. The Bertz CT molecular complexity index is 693. The van der Waals surface area contributed by atoms with Crippen molar-refractivity contribution < 1.29 is 4.52 Å². The first-order valence-electron chi connectivity index (χ1n) is 8.50. The monoisotopic (exact) mass is 296 g/mol. The lowest BCUT2D eigenvalue weighted by Crippen LogP contribution is -2.54. The molecule has 1 fully saturated rings. The van der Waals surface area contributed by atoms with Crippen LogP contribution in [-0.4, -0.2) is 5.16 Å². The van der Waals surface area contributed by atoms with Crippen molar-refractivity contribution in [2.75, 3.05) is 0 Å². The van der Waals surface area contributed by atoms with E-state index in [-0.39, 0.29) is 16.2 Å². The van der Waals surface area contributed by atoms with Crippen molar-refractivity contribution in [1.82, 2.24) is 5.16 Å². The van der Waals surface area contributed by atoms with E-state index >= 15 is 0 Å². The van der Waals surface area contributed by atoms with Gasteiger partial charge in [-0.1, -0.05) is 32.0 Å². The van der Waals surface area contributed by atoms with Crippen LogP contribution in [0.2, 0.25) is 0 Å². The van der Waals surface area contributed by atoms with Crippen LogP contribution >= 0.6 is 0 Å². The van der Waals surface area contributed by atoms with Gasteiger partial charge in [0.1, 0.15) is 5.76 Å². The summed E-state index contributed by atoms with van der Waals surface area (Å²) >= 11 is 0. The van der Waals surface area contributed by atoms with Crippen LogP contribution in [0.25, 0.3) is 0 Å². The van der Waals surface area contributed by atoms with Crippen LogP contribution in [0.4, 0.5) is 0 Å². The van der Waals surface area contributed by atoms with Gasteiger partial charge in [-0.05, 0) is 55.4 Å². The van der Waals surface area contributed by atoms with Crippen molar-refractivity contribution in [3.8, 4) is 6.07 Å². The van der Waals surface area contributed by atoms with Gasteiger partial charge in [-0.15, -0.1) is 0 Å². The summed E-state index contributed by atoms with van der Waals surface area (Å²) in [4.78, 5) is 0. The molecule has 3 aliphatic carbocycles. The minimum absolute atomic E-state index is 0.0151. The second-order valence-corrected chi connectivity index (χ2v) is 8.29. The Hall–Kier alpha value is -1.56. The van der Waals surface area contributed by atoms with Crippen LogP contribution < -0.4 is 0 Å². The number of nitriles is 1. The third-order valence-electron chi connectivity index (χ3n) is 6.79. The molecule has 0 saturated heterocycles. The van der Waals surface area contributed by atoms with Crippen molar-refractivity contribution in [3.05, 3.63) is 29.2 Å². The second-order valence-electron chi connectivity index (χ2n) is 8.29. The van der Waals surface area contributed by atoms with Gasteiger partial charge in [0.15, 0.2) is 0 Å². The number of hydrogen-bond acceptors (Lipinski definition) is 3. The van der Waals surface area contributed by atoms with Gasteiger partial charge >= 0.3 is 0 Å². The first kappa shape index (κ1) is 14.1. The van der Waals surface area contributed by atoms with Gasteiger partial charge in [-0.3, -0.25) is 0 Å². The SMILES string of the molecule is CC12Cc3cnoc3C(C)(C)C1CCC1(C#N)CCCC=C12. The van der Waals surface area contributed by atoms with Crippen molar-refractivity contribution in [1.29, 1.82) is 5.26 Å². The molecule has 3 aliphatic rings. The van der Waals surface area contributed by atoms with Gasteiger partial charge in [0.05, 0.1) is 17.7 Å². The fourth-order valence-electron chi connectivity index (χ4n) is 5.94. The number of allylic oxidation sites excluding steroid dienone is 2. The Labute approximate surface area is 132 Å². The predicted octanol–water partition coefficient (Wildman–Crippen LogP) is 4.54. The maximum atomic E-state index is 9.95.